The van der Waals surface area contributed by atoms with E-state index in [-0.39, 0.29) is 23.0 Å². The van der Waals surface area contributed by atoms with Crippen molar-refractivity contribution in [2.45, 2.75) is 13.0 Å². The fourth-order valence-corrected chi connectivity index (χ4v) is 2.38. The second-order valence-corrected chi connectivity index (χ2v) is 5.80. The van der Waals surface area contributed by atoms with Crippen LogP contribution in [0.4, 0.5) is 16.2 Å². The normalized spacial score (nSPS) is 10.7. The highest BCUT2D eigenvalue weighted by Gasteiger charge is 2.15. The summed E-state index contributed by atoms with van der Waals surface area (Å²) in [5.74, 6) is 0. The Morgan fingerprint density at radius 2 is 2.04 bits per heavy atom. The van der Waals surface area contributed by atoms with Crippen molar-refractivity contribution in [3.8, 4) is 0 Å². The van der Waals surface area contributed by atoms with Crippen LogP contribution in [0.15, 0.2) is 48.5 Å². The van der Waals surface area contributed by atoms with Crippen molar-refractivity contribution in [2.24, 2.45) is 0 Å². The van der Waals surface area contributed by atoms with Crippen molar-refractivity contribution >= 4 is 35.1 Å². The van der Waals surface area contributed by atoms with Gasteiger partial charge in [-0.15, -0.1) is 0 Å². The van der Waals surface area contributed by atoms with Gasteiger partial charge in [0.1, 0.15) is 12.3 Å². The van der Waals surface area contributed by atoms with Crippen LogP contribution in [-0.2, 0) is 11.3 Å². The zero-order valence-corrected chi connectivity index (χ0v) is 14.6. The number of benzene rings is 2. The zero-order valence-electron chi connectivity index (χ0n) is 13.9. The topological polar surface area (TPSA) is 107 Å². The third-order valence-electron chi connectivity index (χ3n) is 3.44. The molecule has 0 spiro atoms. The lowest BCUT2D eigenvalue weighted by molar-refractivity contribution is -0.383. The summed E-state index contributed by atoms with van der Waals surface area (Å²) in [6, 6.07) is 12.1. The minimum absolute atomic E-state index is 0.0471. The van der Waals surface area contributed by atoms with Crippen LogP contribution in [0.2, 0.25) is 5.02 Å². The molecule has 136 valence electrons. The molecule has 0 fully saturated rings. The van der Waals surface area contributed by atoms with Gasteiger partial charge in [0.05, 0.1) is 4.92 Å². The summed E-state index contributed by atoms with van der Waals surface area (Å²) >= 11 is 5.87. The maximum atomic E-state index is 11.6. The van der Waals surface area contributed by atoms with E-state index < -0.39 is 11.0 Å². The lowest BCUT2D eigenvalue weighted by Crippen LogP contribution is -2.24. The van der Waals surface area contributed by atoms with Gasteiger partial charge in [-0.2, -0.15) is 0 Å². The summed E-state index contributed by atoms with van der Waals surface area (Å²) in [5, 5.41) is 13.8. The van der Waals surface area contributed by atoms with Crippen molar-refractivity contribution in [1.82, 2.24) is 5.32 Å². The van der Waals surface area contributed by atoms with E-state index in [1.807, 2.05) is 30.3 Å². The number of nitrogen functional groups attached to an aromatic ring is 1. The Morgan fingerprint density at radius 1 is 1.31 bits per heavy atom. The second kappa shape index (κ2) is 9.43. The van der Waals surface area contributed by atoms with Gasteiger partial charge in [0.15, 0.2) is 0 Å². The van der Waals surface area contributed by atoms with E-state index in [0.717, 1.165) is 5.56 Å². The van der Waals surface area contributed by atoms with E-state index in [4.69, 9.17) is 22.1 Å². The van der Waals surface area contributed by atoms with Crippen LogP contribution < -0.4 is 11.1 Å². The molecule has 1 amide bonds. The Balaban J connectivity index is 1.79. The predicted octanol–water partition coefficient (Wildman–Crippen LogP) is 4.16. The smallest absolute Gasteiger partial charge is 0.407 e. The van der Waals surface area contributed by atoms with Gasteiger partial charge in [0.2, 0.25) is 0 Å². The number of amides is 1. The molecule has 0 radical (unpaired) electrons. The molecule has 0 saturated carbocycles. The van der Waals surface area contributed by atoms with E-state index in [1.165, 1.54) is 6.07 Å². The number of rotatable bonds is 7. The average Bonchev–Trinajstić information content (AvgIpc) is 2.62. The van der Waals surface area contributed by atoms with Gasteiger partial charge in [0.25, 0.3) is 5.69 Å². The first kappa shape index (κ1) is 19.3. The fraction of sp³-hybridized carbons (Fsp3) is 0.167. The van der Waals surface area contributed by atoms with Crippen molar-refractivity contribution < 1.29 is 14.5 Å². The van der Waals surface area contributed by atoms with Crippen LogP contribution in [-0.4, -0.2) is 17.6 Å². The number of ether oxygens (including phenoxy) is 1. The van der Waals surface area contributed by atoms with Gasteiger partial charge in [-0.05, 0) is 18.1 Å². The van der Waals surface area contributed by atoms with Gasteiger partial charge in [-0.25, -0.2) is 4.79 Å². The highest BCUT2D eigenvalue weighted by molar-refractivity contribution is 6.31. The summed E-state index contributed by atoms with van der Waals surface area (Å²) in [4.78, 5) is 21.9. The summed E-state index contributed by atoms with van der Waals surface area (Å²) in [6.45, 7) is 0.553. The van der Waals surface area contributed by atoms with E-state index in [0.29, 0.717) is 18.5 Å². The predicted molar refractivity (Wildman–Crippen MR) is 101 cm³/mol. The number of carbonyl (C=O) groups excluding carboxylic acids is 1. The number of nitrogens with one attached hydrogen (secondary N) is 1. The molecular formula is C18H18ClN3O4. The molecule has 7 nitrogen and oxygen atoms in total. The summed E-state index contributed by atoms with van der Waals surface area (Å²) < 4.78 is 5.08. The number of anilines is 1. The van der Waals surface area contributed by atoms with Crippen LogP contribution >= 0.6 is 11.6 Å². The van der Waals surface area contributed by atoms with Crippen LogP contribution in [0.3, 0.4) is 0 Å². The molecule has 8 heteroatoms. The zero-order chi connectivity index (χ0) is 18.9. The molecule has 0 aromatic heterocycles. The number of nitrogens with two attached hydrogens (primary N) is 1. The van der Waals surface area contributed by atoms with Gasteiger partial charge >= 0.3 is 6.09 Å². The van der Waals surface area contributed by atoms with Crippen LogP contribution in [0.1, 0.15) is 17.5 Å². The number of alkyl carbamates (subject to hydrolysis) is 1. The Bertz CT molecular complexity index is 810. The van der Waals surface area contributed by atoms with E-state index in [2.05, 4.69) is 5.32 Å². The van der Waals surface area contributed by atoms with E-state index in [9.17, 15) is 14.9 Å². The summed E-state index contributed by atoms with van der Waals surface area (Å²) in [6.07, 6.45) is 3.36. The Hall–Kier alpha value is -3.06. The minimum atomic E-state index is -0.581. The number of nitro benzene ring substituents is 1. The average molecular weight is 376 g/mol. The lowest BCUT2D eigenvalue weighted by atomic mass is 10.1. The molecule has 2 rings (SSSR count). The second-order valence-electron chi connectivity index (χ2n) is 5.36. The molecular weight excluding hydrogens is 358 g/mol. The molecule has 0 aliphatic heterocycles. The molecule has 2 aromatic carbocycles. The molecule has 0 atom stereocenters. The maximum Gasteiger partial charge on any atom is 0.407 e. The highest BCUT2D eigenvalue weighted by atomic mass is 35.5. The van der Waals surface area contributed by atoms with E-state index in [1.54, 1.807) is 18.2 Å². The Labute approximate surface area is 155 Å². The first-order valence-electron chi connectivity index (χ1n) is 7.82. The molecule has 0 aliphatic rings. The van der Waals surface area contributed by atoms with Crippen molar-refractivity contribution in [3.05, 3.63) is 74.8 Å². The van der Waals surface area contributed by atoms with Crippen LogP contribution in [0, 0.1) is 10.1 Å². The van der Waals surface area contributed by atoms with Crippen molar-refractivity contribution in [2.75, 3.05) is 12.3 Å². The maximum absolute atomic E-state index is 11.6. The highest BCUT2D eigenvalue weighted by Crippen LogP contribution is 2.30. The molecule has 0 heterocycles. The molecule has 0 bridgehead atoms. The molecule has 0 unspecified atom stereocenters. The van der Waals surface area contributed by atoms with Gasteiger partial charge < -0.3 is 15.8 Å². The molecule has 3 N–H and O–H groups in total. The number of nitro groups is 1. The molecule has 26 heavy (non-hydrogen) atoms. The number of hydrogen-bond donors (Lipinski definition) is 2. The van der Waals surface area contributed by atoms with Gasteiger partial charge in [-0.1, -0.05) is 54.1 Å². The number of carbonyl (C=O) groups is 1. The molecule has 0 aliphatic carbocycles. The van der Waals surface area contributed by atoms with Crippen molar-refractivity contribution in [1.29, 1.82) is 0 Å². The summed E-state index contributed by atoms with van der Waals surface area (Å²) in [5.41, 5.74) is 6.94. The quantitative estimate of drug-likeness (QED) is 0.327. The fourth-order valence-electron chi connectivity index (χ4n) is 2.16. The van der Waals surface area contributed by atoms with Gasteiger partial charge in [-0.3, -0.25) is 10.1 Å². The largest absolute Gasteiger partial charge is 0.445 e. The van der Waals surface area contributed by atoms with Gasteiger partial charge in [0, 0.05) is 23.2 Å². The first-order valence-corrected chi connectivity index (χ1v) is 8.19. The molecule has 0 saturated heterocycles. The summed E-state index contributed by atoms with van der Waals surface area (Å²) in [7, 11) is 0. The number of hydrogen-bond acceptors (Lipinski definition) is 5. The lowest BCUT2D eigenvalue weighted by Gasteiger charge is -2.06. The van der Waals surface area contributed by atoms with Crippen LogP contribution in [0.5, 0.6) is 0 Å². The third kappa shape index (κ3) is 5.78. The Kier molecular flexibility index (Phi) is 6.99. The third-order valence-corrected chi connectivity index (χ3v) is 3.66. The molecule has 2 aromatic rings. The SMILES string of the molecule is Nc1c(C=CCCNC(=O)OCc2ccccc2)cc(Cl)cc1[N+](=O)[O-]. The van der Waals surface area contributed by atoms with E-state index >= 15 is 0 Å². The number of halogens is 1. The first-order chi connectivity index (χ1) is 12.5. The monoisotopic (exact) mass is 375 g/mol. The van der Waals surface area contributed by atoms with Crippen LogP contribution in [0.25, 0.3) is 6.08 Å². The minimum Gasteiger partial charge on any atom is -0.445 e. The van der Waals surface area contributed by atoms with Crippen molar-refractivity contribution in [3.63, 3.8) is 0 Å². The standard InChI is InChI=1S/C18H18ClN3O4/c19-15-10-14(17(20)16(11-15)22(24)25)8-4-5-9-21-18(23)26-12-13-6-2-1-3-7-13/h1-4,6-8,10-11H,5,9,12,20H2,(H,21,23). The Morgan fingerprint density at radius 3 is 2.73 bits per heavy atom. The number of nitrogens with zero attached hydrogens (tertiary/aromatic N) is 1.